The number of methoxy groups -OCH3 is 1. The normalized spacial score (nSPS) is 15.8. The molecule has 18 heavy (non-hydrogen) atoms. The predicted octanol–water partition coefficient (Wildman–Crippen LogP) is 1.83. The minimum atomic E-state index is 0.683. The van der Waals surface area contributed by atoms with E-state index in [9.17, 15) is 0 Å². The Balaban J connectivity index is 2.05. The Labute approximate surface area is 109 Å². The van der Waals surface area contributed by atoms with E-state index in [1.807, 2.05) is 13.0 Å². The molecule has 0 bridgehead atoms. The highest BCUT2D eigenvalue weighted by Gasteiger charge is 2.14. The van der Waals surface area contributed by atoms with Crippen LogP contribution in [0.4, 0.5) is 11.8 Å². The van der Waals surface area contributed by atoms with Crippen LogP contribution in [-0.2, 0) is 4.74 Å². The standard InChI is InChI=1S/C13H22N4O/c1-11-10-12(14-6-9-18-2)16-13(15-11)17-7-4-3-5-8-17/h10H,3-9H2,1-2H3,(H,14,15,16). The molecule has 5 nitrogen and oxygen atoms in total. The average molecular weight is 250 g/mol. The fraction of sp³-hybridized carbons (Fsp3) is 0.692. The summed E-state index contributed by atoms with van der Waals surface area (Å²) >= 11 is 0. The summed E-state index contributed by atoms with van der Waals surface area (Å²) in [6.45, 7) is 5.60. The van der Waals surface area contributed by atoms with Crippen molar-refractivity contribution >= 4 is 11.8 Å². The first-order valence-corrected chi connectivity index (χ1v) is 6.63. The van der Waals surface area contributed by atoms with Crippen molar-refractivity contribution in [2.45, 2.75) is 26.2 Å². The monoisotopic (exact) mass is 250 g/mol. The predicted molar refractivity (Wildman–Crippen MR) is 73.2 cm³/mol. The molecular weight excluding hydrogens is 228 g/mol. The number of rotatable bonds is 5. The summed E-state index contributed by atoms with van der Waals surface area (Å²) in [4.78, 5) is 11.4. The highest BCUT2D eigenvalue weighted by Crippen LogP contribution is 2.18. The summed E-state index contributed by atoms with van der Waals surface area (Å²) < 4.78 is 5.02. The van der Waals surface area contributed by atoms with Gasteiger partial charge in [-0.1, -0.05) is 0 Å². The molecule has 1 fully saturated rings. The van der Waals surface area contributed by atoms with Gasteiger partial charge < -0.3 is 15.0 Å². The van der Waals surface area contributed by atoms with Gasteiger partial charge in [0.25, 0.3) is 0 Å². The van der Waals surface area contributed by atoms with Crippen LogP contribution in [0.25, 0.3) is 0 Å². The van der Waals surface area contributed by atoms with Crippen molar-refractivity contribution in [1.29, 1.82) is 0 Å². The van der Waals surface area contributed by atoms with Crippen LogP contribution in [0.1, 0.15) is 25.0 Å². The van der Waals surface area contributed by atoms with Crippen LogP contribution >= 0.6 is 0 Å². The van der Waals surface area contributed by atoms with E-state index in [4.69, 9.17) is 4.74 Å². The maximum Gasteiger partial charge on any atom is 0.227 e. The first-order chi connectivity index (χ1) is 8.79. The Bertz CT molecular complexity index is 377. The van der Waals surface area contributed by atoms with Crippen LogP contribution in [0.5, 0.6) is 0 Å². The molecule has 0 amide bonds. The van der Waals surface area contributed by atoms with Crippen molar-refractivity contribution in [1.82, 2.24) is 9.97 Å². The Morgan fingerprint density at radius 2 is 2.06 bits per heavy atom. The topological polar surface area (TPSA) is 50.3 Å². The zero-order valence-corrected chi connectivity index (χ0v) is 11.3. The van der Waals surface area contributed by atoms with Gasteiger partial charge >= 0.3 is 0 Å². The van der Waals surface area contributed by atoms with Crippen LogP contribution in [0.15, 0.2) is 6.07 Å². The molecule has 0 saturated carbocycles. The number of anilines is 2. The molecule has 1 aromatic rings. The van der Waals surface area contributed by atoms with Crippen molar-refractivity contribution in [3.8, 4) is 0 Å². The van der Waals surface area contributed by atoms with Crippen LogP contribution in [0, 0.1) is 6.92 Å². The summed E-state index contributed by atoms with van der Waals surface area (Å²) in [5.41, 5.74) is 1.01. The Kier molecular flexibility index (Phi) is 4.75. The lowest BCUT2D eigenvalue weighted by molar-refractivity contribution is 0.210. The SMILES string of the molecule is COCCNc1cc(C)nc(N2CCCCC2)n1. The van der Waals surface area contributed by atoms with E-state index >= 15 is 0 Å². The van der Waals surface area contributed by atoms with Crippen molar-refractivity contribution in [2.75, 3.05) is 43.6 Å². The molecule has 1 aliphatic heterocycles. The van der Waals surface area contributed by atoms with E-state index < -0.39 is 0 Å². The van der Waals surface area contributed by atoms with Gasteiger partial charge in [0.2, 0.25) is 5.95 Å². The molecule has 0 aliphatic carbocycles. The van der Waals surface area contributed by atoms with E-state index in [1.54, 1.807) is 7.11 Å². The summed E-state index contributed by atoms with van der Waals surface area (Å²) in [6, 6.07) is 1.98. The second-order valence-corrected chi connectivity index (χ2v) is 4.66. The number of piperidine rings is 1. The summed E-state index contributed by atoms with van der Waals surface area (Å²) in [5, 5.41) is 3.26. The van der Waals surface area contributed by atoms with Crippen LogP contribution < -0.4 is 10.2 Å². The molecule has 0 aromatic carbocycles. The number of nitrogens with one attached hydrogen (secondary N) is 1. The first kappa shape index (κ1) is 13.1. The van der Waals surface area contributed by atoms with E-state index in [0.29, 0.717) is 6.61 Å². The molecule has 1 aromatic heterocycles. The number of ether oxygens (including phenoxy) is 1. The number of nitrogens with zero attached hydrogens (tertiary/aromatic N) is 3. The number of hydrogen-bond donors (Lipinski definition) is 1. The van der Waals surface area contributed by atoms with E-state index in [1.165, 1.54) is 19.3 Å². The van der Waals surface area contributed by atoms with Gasteiger partial charge in [-0.05, 0) is 26.2 Å². The van der Waals surface area contributed by atoms with E-state index in [0.717, 1.165) is 37.1 Å². The maximum absolute atomic E-state index is 5.02. The van der Waals surface area contributed by atoms with Gasteiger partial charge in [-0.3, -0.25) is 0 Å². The zero-order valence-electron chi connectivity index (χ0n) is 11.3. The molecule has 0 radical (unpaired) electrons. The minimum absolute atomic E-state index is 0.683. The fourth-order valence-electron chi connectivity index (χ4n) is 2.16. The molecule has 2 heterocycles. The highest BCUT2D eigenvalue weighted by atomic mass is 16.5. The summed E-state index contributed by atoms with van der Waals surface area (Å²) in [6.07, 6.45) is 3.80. The molecule has 1 saturated heterocycles. The third kappa shape index (κ3) is 3.57. The zero-order chi connectivity index (χ0) is 12.8. The smallest absolute Gasteiger partial charge is 0.227 e. The van der Waals surface area contributed by atoms with Crippen molar-refractivity contribution in [3.63, 3.8) is 0 Å². The maximum atomic E-state index is 5.02. The van der Waals surface area contributed by atoms with Gasteiger partial charge in [0.15, 0.2) is 0 Å². The number of hydrogen-bond acceptors (Lipinski definition) is 5. The second-order valence-electron chi connectivity index (χ2n) is 4.66. The van der Waals surface area contributed by atoms with Gasteiger partial charge in [-0.15, -0.1) is 0 Å². The lowest BCUT2D eigenvalue weighted by Gasteiger charge is -2.27. The van der Waals surface area contributed by atoms with E-state index in [2.05, 4.69) is 20.2 Å². The van der Waals surface area contributed by atoms with Gasteiger partial charge in [0.1, 0.15) is 5.82 Å². The lowest BCUT2D eigenvalue weighted by atomic mass is 10.1. The third-order valence-electron chi connectivity index (χ3n) is 3.09. The van der Waals surface area contributed by atoms with Gasteiger partial charge in [0.05, 0.1) is 6.61 Å². The van der Waals surface area contributed by atoms with Crippen LogP contribution in [0.2, 0.25) is 0 Å². The van der Waals surface area contributed by atoms with Gasteiger partial charge in [-0.25, -0.2) is 4.98 Å². The van der Waals surface area contributed by atoms with Crippen molar-refractivity contribution < 1.29 is 4.74 Å². The third-order valence-corrected chi connectivity index (χ3v) is 3.09. The van der Waals surface area contributed by atoms with E-state index in [-0.39, 0.29) is 0 Å². The minimum Gasteiger partial charge on any atom is -0.383 e. The Morgan fingerprint density at radius 1 is 1.28 bits per heavy atom. The molecule has 1 aliphatic rings. The molecular formula is C13H22N4O. The van der Waals surface area contributed by atoms with Crippen LogP contribution in [-0.4, -0.2) is 43.3 Å². The molecule has 100 valence electrons. The molecule has 2 rings (SSSR count). The van der Waals surface area contributed by atoms with Crippen molar-refractivity contribution in [2.24, 2.45) is 0 Å². The molecule has 1 N–H and O–H groups in total. The molecule has 0 spiro atoms. The average Bonchev–Trinajstić information content (AvgIpc) is 2.39. The lowest BCUT2D eigenvalue weighted by Crippen LogP contribution is -2.31. The van der Waals surface area contributed by atoms with Crippen molar-refractivity contribution in [3.05, 3.63) is 11.8 Å². The quantitative estimate of drug-likeness (QED) is 0.808. The molecule has 5 heteroatoms. The highest BCUT2D eigenvalue weighted by molar-refractivity contribution is 5.43. The summed E-state index contributed by atoms with van der Waals surface area (Å²) in [5.74, 6) is 1.75. The molecule has 0 unspecified atom stereocenters. The number of aromatic nitrogens is 2. The van der Waals surface area contributed by atoms with Crippen LogP contribution in [0.3, 0.4) is 0 Å². The second kappa shape index (κ2) is 6.54. The Hall–Kier alpha value is -1.36. The first-order valence-electron chi connectivity index (χ1n) is 6.63. The van der Waals surface area contributed by atoms with Gasteiger partial charge in [-0.2, -0.15) is 4.98 Å². The van der Waals surface area contributed by atoms with Gasteiger partial charge in [0, 0.05) is 38.5 Å². The molecule has 0 atom stereocenters. The Morgan fingerprint density at radius 3 is 2.78 bits per heavy atom. The number of aryl methyl sites for hydroxylation is 1. The largest absolute Gasteiger partial charge is 0.383 e. The fourth-order valence-corrected chi connectivity index (χ4v) is 2.16. The summed E-state index contributed by atoms with van der Waals surface area (Å²) in [7, 11) is 1.70.